The van der Waals surface area contributed by atoms with E-state index in [2.05, 4.69) is 5.32 Å². The molecule has 0 radical (unpaired) electrons. The number of nitrogens with one attached hydrogen (secondary N) is 1. The van der Waals surface area contributed by atoms with Crippen LogP contribution in [0.3, 0.4) is 0 Å². The summed E-state index contributed by atoms with van der Waals surface area (Å²) in [6.07, 6.45) is 0. The van der Waals surface area contributed by atoms with Crippen molar-refractivity contribution in [3.05, 3.63) is 83.1 Å². The van der Waals surface area contributed by atoms with Gasteiger partial charge in [0.2, 0.25) is 15.9 Å². The van der Waals surface area contributed by atoms with Crippen LogP contribution >= 0.6 is 11.6 Å². The highest BCUT2D eigenvalue weighted by atomic mass is 35.5. The number of benzene rings is 3. The molecule has 0 spiro atoms. The lowest BCUT2D eigenvalue weighted by atomic mass is 10.2. The first-order valence-electron chi connectivity index (χ1n) is 10.0. The third kappa shape index (κ3) is 5.62. The van der Waals surface area contributed by atoms with Crippen molar-refractivity contribution in [2.45, 2.75) is 11.4 Å². The Balaban J connectivity index is 1.56. The third-order valence-corrected chi connectivity index (χ3v) is 6.93. The minimum absolute atomic E-state index is 0.0128. The Kier molecular flexibility index (Phi) is 6.83. The maximum Gasteiger partial charge on any atom is 0.243 e. The molecule has 4 rings (SSSR count). The zero-order chi connectivity index (χ0) is 23.4. The number of carbonyl (C=O) groups excluding carboxylic acids is 1. The Morgan fingerprint density at radius 3 is 2.33 bits per heavy atom. The van der Waals surface area contributed by atoms with Gasteiger partial charge >= 0.3 is 0 Å². The number of anilines is 1. The molecule has 1 heterocycles. The second-order valence-electron chi connectivity index (χ2n) is 7.26. The lowest BCUT2D eigenvalue weighted by molar-refractivity contribution is -0.116. The predicted molar refractivity (Wildman–Crippen MR) is 122 cm³/mol. The van der Waals surface area contributed by atoms with Crippen LogP contribution in [0, 0.1) is 5.82 Å². The molecule has 1 amide bonds. The van der Waals surface area contributed by atoms with Crippen molar-refractivity contribution in [1.82, 2.24) is 4.31 Å². The minimum atomic E-state index is -4.05. The van der Waals surface area contributed by atoms with E-state index in [-0.39, 0.29) is 11.4 Å². The number of rotatable bonds is 7. The summed E-state index contributed by atoms with van der Waals surface area (Å²) in [6.45, 7) is 0.255. The van der Waals surface area contributed by atoms with Crippen molar-refractivity contribution < 1.29 is 27.1 Å². The Hall–Kier alpha value is -3.14. The maximum atomic E-state index is 13.3. The smallest absolute Gasteiger partial charge is 0.243 e. The van der Waals surface area contributed by atoms with Crippen molar-refractivity contribution >= 4 is 33.2 Å². The van der Waals surface area contributed by atoms with Gasteiger partial charge in [-0.15, -0.1) is 0 Å². The molecule has 10 heteroatoms. The van der Waals surface area contributed by atoms with Crippen LogP contribution in [0.1, 0.15) is 5.56 Å². The van der Waals surface area contributed by atoms with Gasteiger partial charge in [0.1, 0.15) is 19.0 Å². The summed E-state index contributed by atoms with van der Waals surface area (Å²) < 4.78 is 51.9. The molecule has 1 N–H and O–H groups in total. The number of hydrogen-bond acceptors (Lipinski definition) is 5. The van der Waals surface area contributed by atoms with E-state index >= 15 is 0 Å². The molecule has 0 unspecified atom stereocenters. The van der Waals surface area contributed by atoms with Crippen LogP contribution in [0.15, 0.2) is 71.6 Å². The Bertz CT molecular complexity index is 1250. The number of amides is 1. The van der Waals surface area contributed by atoms with E-state index in [0.29, 0.717) is 41.0 Å². The molecule has 33 heavy (non-hydrogen) atoms. The standard InChI is InChI=1S/C23H20ClFN2O5S/c24-17-3-8-20(9-4-17)33(29,30)27(14-16-1-5-18(25)6-2-16)15-23(28)26-19-7-10-21-22(13-19)32-12-11-31-21/h1-10,13H,11-12,14-15H2,(H,26,28). The summed E-state index contributed by atoms with van der Waals surface area (Å²) in [6, 6.07) is 16.0. The molecule has 1 aliphatic rings. The topological polar surface area (TPSA) is 84.9 Å². The predicted octanol–water partition coefficient (Wildman–Crippen LogP) is 4.08. The van der Waals surface area contributed by atoms with Crippen molar-refractivity contribution in [1.29, 1.82) is 0 Å². The quantitative estimate of drug-likeness (QED) is 0.539. The van der Waals surface area contributed by atoms with Crippen LogP contribution in [0.5, 0.6) is 11.5 Å². The molecule has 0 bridgehead atoms. The van der Waals surface area contributed by atoms with Crippen molar-refractivity contribution in [2.75, 3.05) is 25.1 Å². The highest BCUT2D eigenvalue weighted by molar-refractivity contribution is 7.89. The van der Waals surface area contributed by atoms with E-state index in [0.717, 1.165) is 4.31 Å². The van der Waals surface area contributed by atoms with Crippen LogP contribution in [-0.4, -0.2) is 38.4 Å². The number of fused-ring (bicyclic) bond motifs is 1. The largest absolute Gasteiger partial charge is 0.486 e. The van der Waals surface area contributed by atoms with Gasteiger partial charge in [-0.3, -0.25) is 4.79 Å². The molecule has 3 aromatic rings. The molecule has 0 aromatic heterocycles. The number of carbonyl (C=O) groups is 1. The van der Waals surface area contributed by atoms with Gasteiger partial charge in [0, 0.05) is 23.3 Å². The average Bonchev–Trinajstić information content (AvgIpc) is 2.80. The fraction of sp³-hybridized carbons (Fsp3) is 0.174. The van der Waals surface area contributed by atoms with E-state index < -0.39 is 28.3 Å². The summed E-state index contributed by atoms with van der Waals surface area (Å²) in [5.41, 5.74) is 0.968. The molecular weight excluding hydrogens is 471 g/mol. The third-order valence-electron chi connectivity index (χ3n) is 4.87. The molecule has 0 saturated carbocycles. The molecule has 172 valence electrons. The van der Waals surface area contributed by atoms with E-state index in [1.54, 1.807) is 18.2 Å². The number of sulfonamides is 1. The van der Waals surface area contributed by atoms with Crippen LogP contribution in [0.4, 0.5) is 10.1 Å². The zero-order valence-corrected chi connectivity index (χ0v) is 18.9. The van der Waals surface area contributed by atoms with Gasteiger partial charge < -0.3 is 14.8 Å². The van der Waals surface area contributed by atoms with Crippen molar-refractivity contribution in [3.8, 4) is 11.5 Å². The second-order valence-corrected chi connectivity index (χ2v) is 9.63. The van der Waals surface area contributed by atoms with E-state index in [4.69, 9.17) is 21.1 Å². The van der Waals surface area contributed by atoms with Gasteiger partial charge in [0.05, 0.1) is 11.4 Å². The van der Waals surface area contributed by atoms with Crippen molar-refractivity contribution in [2.24, 2.45) is 0 Å². The first-order chi connectivity index (χ1) is 15.8. The minimum Gasteiger partial charge on any atom is -0.486 e. The van der Waals surface area contributed by atoms with Gasteiger partial charge in [-0.05, 0) is 54.1 Å². The van der Waals surface area contributed by atoms with Gasteiger partial charge in [0.15, 0.2) is 11.5 Å². The van der Waals surface area contributed by atoms with Crippen LogP contribution in [-0.2, 0) is 21.4 Å². The van der Waals surface area contributed by atoms with Gasteiger partial charge in [-0.2, -0.15) is 4.31 Å². The maximum absolute atomic E-state index is 13.3. The number of nitrogens with zero attached hydrogens (tertiary/aromatic N) is 1. The monoisotopic (exact) mass is 490 g/mol. The second kappa shape index (κ2) is 9.78. The molecule has 7 nitrogen and oxygen atoms in total. The summed E-state index contributed by atoms with van der Waals surface area (Å²) in [7, 11) is -4.05. The number of hydrogen-bond donors (Lipinski definition) is 1. The Morgan fingerprint density at radius 1 is 0.970 bits per heavy atom. The van der Waals surface area contributed by atoms with Gasteiger partial charge in [-0.1, -0.05) is 23.7 Å². The van der Waals surface area contributed by atoms with Crippen molar-refractivity contribution in [3.63, 3.8) is 0 Å². The first-order valence-corrected chi connectivity index (χ1v) is 11.8. The summed E-state index contributed by atoms with van der Waals surface area (Å²) in [5, 5.41) is 3.07. The highest BCUT2D eigenvalue weighted by Crippen LogP contribution is 2.32. The zero-order valence-electron chi connectivity index (χ0n) is 17.3. The molecule has 0 aliphatic carbocycles. The number of ether oxygens (including phenoxy) is 2. The van der Waals surface area contributed by atoms with Crippen LogP contribution in [0.25, 0.3) is 0 Å². The first kappa shape index (κ1) is 23.0. The SMILES string of the molecule is O=C(CN(Cc1ccc(F)cc1)S(=O)(=O)c1ccc(Cl)cc1)Nc1ccc2c(c1)OCCO2. The van der Waals surface area contributed by atoms with Crippen LogP contribution < -0.4 is 14.8 Å². The normalized spacial score (nSPS) is 13.1. The fourth-order valence-electron chi connectivity index (χ4n) is 3.26. The lowest BCUT2D eigenvalue weighted by Crippen LogP contribution is -2.37. The molecule has 0 atom stereocenters. The van der Waals surface area contributed by atoms with Gasteiger partial charge in [0.25, 0.3) is 0 Å². The van der Waals surface area contributed by atoms with Gasteiger partial charge in [-0.25, -0.2) is 12.8 Å². The summed E-state index contributed by atoms with van der Waals surface area (Å²) >= 11 is 5.88. The van der Waals surface area contributed by atoms with Crippen LogP contribution in [0.2, 0.25) is 5.02 Å². The van der Waals surface area contributed by atoms with E-state index in [1.807, 2.05) is 0 Å². The fourth-order valence-corrected chi connectivity index (χ4v) is 4.77. The molecule has 0 saturated heterocycles. The highest BCUT2D eigenvalue weighted by Gasteiger charge is 2.27. The number of halogens is 2. The molecular formula is C23H20ClFN2O5S. The Labute approximate surface area is 195 Å². The lowest BCUT2D eigenvalue weighted by Gasteiger charge is -2.22. The summed E-state index contributed by atoms with van der Waals surface area (Å²) in [4.78, 5) is 12.8. The van der Waals surface area contributed by atoms with E-state index in [1.165, 1.54) is 48.5 Å². The average molecular weight is 491 g/mol. The molecule has 1 aliphatic heterocycles. The molecule has 0 fully saturated rings. The summed E-state index contributed by atoms with van der Waals surface area (Å²) in [5.74, 6) is 0.0760. The molecule has 3 aromatic carbocycles. The Morgan fingerprint density at radius 2 is 1.64 bits per heavy atom. The van der Waals surface area contributed by atoms with E-state index in [9.17, 15) is 17.6 Å².